The summed E-state index contributed by atoms with van der Waals surface area (Å²) in [5, 5.41) is 0. The first-order valence-electron chi connectivity index (χ1n) is 5.81. The van der Waals surface area contributed by atoms with Crippen LogP contribution in [-0.2, 0) is 4.79 Å². The zero-order chi connectivity index (χ0) is 11.5. The van der Waals surface area contributed by atoms with Crippen molar-refractivity contribution in [3.8, 4) is 0 Å². The van der Waals surface area contributed by atoms with E-state index >= 15 is 0 Å². The van der Waals surface area contributed by atoms with Crippen molar-refractivity contribution in [3.05, 3.63) is 29.8 Å². The first kappa shape index (κ1) is 11.0. The van der Waals surface area contributed by atoms with E-state index in [1.165, 1.54) is 6.42 Å². The molecule has 1 heterocycles. The van der Waals surface area contributed by atoms with Crippen LogP contribution in [0.25, 0.3) is 0 Å². The van der Waals surface area contributed by atoms with Gasteiger partial charge in [-0.2, -0.15) is 0 Å². The Bertz CT molecular complexity index is 389. The maximum Gasteiger partial charge on any atom is 0.219 e. The number of likely N-dealkylation sites (tertiary alicyclic amines) is 1. The highest BCUT2D eigenvalue weighted by atomic mass is 16.2. The molecule has 1 amide bonds. The summed E-state index contributed by atoms with van der Waals surface area (Å²) in [7, 11) is 0. The Morgan fingerprint density at radius 3 is 2.94 bits per heavy atom. The van der Waals surface area contributed by atoms with E-state index in [1.54, 1.807) is 6.92 Å². The molecule has 2 rings (SSSR count). The summed E-state index contributed by atoms with van der Waals surface area (Å²) in [5.41, 5.74) is 7.72. The Balaban J connectivity index is 2.26. The molecule has 1 aromatic carbocycles. The second-order valence-electron chi connectivity index (χ2n) is 4.39. The van der Waals surface area contributed by atoms with Crippen LogP contribution in [0.4, 0.5) is 5.69 Å². The van der Waals surface area contributed by atoms with Gasteiger partial charge in [-0.05, 0) is 37.0 Å². The second kappa shape index (κ2) is 4.56. The van der Waals surface area contributed by atoms with Gasteiger partial charge in [-0.3, -0.25) is 4.79 Å². The van der Waals surface area contributed by atoms with Gasteiger partial charge in [0.2, 0.25) is 5.91 Å². The van der Waals surface area contributed by atoms with Crippen molar-refractivity contribution in [3.63, 3.8) is 0 Å². The van der Waals surface area contributed by atoms with E-state index in [0.29, 0.717) is 0 Å². The Hall–Kier alpha value is -1.51. The van der Waals surface area contributed by atoms with Crippen molar-refractivity contribution in [2.75, 3.05) is 12.3 Å². The van der Waals surface area contributed by atoms with Crippen molar-refractivity contribution < 1.29 is 4.79 Å². The van der Waals surface area contributed by atoms with E-state index in [0.717, 1.165) is 30.6 Å². The van der Waals surface area contributed by atoms with E-state index in [9.17, 15) is 4.79 Å². The summed E-state index contributed by atoms with van der Waals surface area (Å²) in [6, 6.07) is 8.09. The summed E-state index contributed by atoms with van der Waals surface area (Å²) in [5.74, 6) is 0.159. The van der Waals surface area contributed by atoms with Crippen LogP contribution in [0.5, 0.6) is 0 Å². The minimum absolute atomic E-state index is 0.159. The molecule has 0 spiro atoms. The topological polar surface area (TPSA) is 46.3 Å². The number of anilines is 1. The maximum absolute atomic E-state index is 11.6. The zero-order valence-corrected chi connectivity index (χ0v) is 9.65. The van der Waals surface area contributed by atoms with Crippen LogP contribution < -0.4 is 5.73 Å². The van der Waals surface area contributed by atoms with E-state index < -0.39 is 0 Å². The van der Waals surface area contributed by atoms with Crippen LogP contribution in [0, 0.1) is 0 Å². The highest BCUT2D eigenvalue weighted by Crippen LogP contribution is 2.31. The van der Waals surface area contributed by atoms with Crippen LogP contribution in [0.15, 0.2) is 24.3 Å². The lowest BCUT2D eigenvalue weighted by Gasteiger charge is -2.35. The van der Waals surface area contributed by atoms with Crippen LogP contribution >= 0.6 is 0 Å². The smallest absolute Gasteiger partial charge is 0.219 e. The summed E-state index contributed by atoms with van der Waals surface area (Å²) >= 11 is 0. The molecular formula is C13H18N2O. The Kier molecular flexibility index (Phi) is 3.13. The van der Waals surface area contributed by atoms with E-state index in [1.807, 2.05) is 23.1 Å². The molecule has 1 atom stereocenters. The monoisotopic (exact) mass is 218 g/mol. The fraction of sp³-hybridized carbons (Fsp3) is 0.462. The first-order valence-corrected chi connectivity index (χ1v) is 5.81. The largest absolute Gasteiger partial charge is 0.399 e. The third kappa shape index (κ3) is 2.18. The number of benzene rings is 1. The molecule has 16 heavy (non-hydrogen) atoms. The standard InChI is InChI=1S/C13H18N2O/c1-10(16)15-8-3-2-7-13(15)11-5-4-6-12(14)9-11/h4-6,9,13H,2-3,7-8,14H2,1H3. The molecule has 0 radical (unpaired) electrons. The number of nitrogens with two attached hydrogens (primary N) is 1. The SMILES string of the molecule is CC(=O)N1CCCCC1c1cccc(N)c1. The molecule has 1 aromatic rings. The molecule has 3 heteroatoms. The molecule has 0 saturated carbocycles. The molecule has 0 aliphatic carbocycles. The van der Waals surface area contributed by atoms with Crippen LogP contribution in [-0.4, -0.2) is 17.4 Å². The van der Waals surface area contributed by atoms with E-state index in [2.05, 4.69) is 6.07 Å². The normalized spacial score (nSPS) is 20.8. The van der Waals surface area contributed by atoms with Gasteiger partial charge >= 0.3 is 0 Å². The lowest BCUT2D eigenvalue weighted by Crippen LogP contribution is -2.36. The lowest BCUT2D eigenvalue weighted by molar-refractivity contribution is -0.132. The van der Waals surface area contributed by atoms with Crippen molar-refractivity contribution in [2.24, 2.45) is 0 Å². The van der Waals surface area contributed by atoms with Gasteiger partial charge < -0.3 is 10.6 Å². The molecule has 0 aromatic heterocycles. The van der Waals surface area contributed by atoms with E-state index in [4.69, 9.17) is 5.73 Å². The molecule has 1 aliphatic rings. The highest BCUT2D eigenvalue weighted by Gasteiger charge is 2.25. The second-order valence-corrected chi connectivity index (χ2v) is 4.39. The molecule has 2 N–H and O–H groups in total. The summed E-state index contributed by atoms with van der Waals surface area (Å²) in [6.07, 6.45) is 3.34. The number of hydrogen-bond donors (Lipinski definition) is 1. The van der Waals surface area contributed by atoms with Gasteiger partial charge in [-0.1, -0.05) is 12.1 Å². The average Bonchev–Trinajstić information content (AvgIpc) is 2.29. The van der Waals surface area contributed by atoms with Crippen LogP contribution in [0.2, 0.25) is 0 Å². The number of nitrogens with zero attached hydrogens (tertiary/aromatic N) is 1. The molecule has 1 unspecified atom stereocenters. The minimum atomic E-state index is 0.159. The molecule has 3 nitrogen and oxygen atoms in total. The highest BCUT2D eigenvalue weighted by molar-refractivity contribution is 5.74. The summed E-state index contributed by atoms with van der Waals surface area (Å²) in [6.45, 7) is 2.51. The fourth-order valence-electron chi connectivity index (χ4n) is 2.42. The number of piperidine rings is 1. The number of carbonyl (C=O) groups excluding carboxylic acids is 1. The van der Waals surface area contributed by atoms with Crippen LogP contribution in [0.3, 0.4) is 0 Å². The van der Waals surface area contributed by atoms with E-state index in [-0.39, 0.29) is 11.9 Å². The predicted octanol–water partition coefficient (Wildman–Crippen LogP) is 2.34. The number of carbonyl (C=O) groups is 1. The number of hydrogen-bond acceptors (Lipinski definition) is 2. The van der Waals surface area contributed by atoms with Gasteiger partial charge in [0.1, 0.15) is 0 Å². The van der Waals surface area contributed by atoms with Gasteiger partial charge in [0.05, 0.1) is 6.04 Å². The summed E-state index contributed by atoms with van der Waals surface area (Å²) in [4.78, 5) is 13.5. The molecule has 0 bridgehead atoms. The fourth-order valence-corrected chi connectivity index (χ4v) is 2.42. The first-order chi connectivity index (χ1) is 7.68. The number of nitrogen functional groups attached to an aromatic ring is 1. The number of rotatable bonds is 1. The third-order valence-electron chi connectivity index (χ3n) is 3.20. The van der Waals surface area contributed by atoms with Gasteiger partial charge in [0, 0.05) is 19.2 Å². The van der Waals surface area contributed by atoms with Crippen LogP contribution in [0.1, 0.15) is 37.8 Å². The predicted molar refractivity (Wildman–Crippen MR) is 64.8 cm³/mol. The maximum atomic E-state index is 11.6. The summed E-state index contributed by atoms with van der Waals surface area (Å²) < 4.78 is 0. The van der Waals surface area contributed by atoms with Crippen molar-refractivity contribution in [2.45, 2.75) is 32.2 Å². The molecule has 1 aliphatic heterocycles. The van der Waals surface area contributed by atoms with Gasteiger partial charge in [0.15, 0.2) is 0 Å². The van der Waals surface area contributed by atoms with Crippen molar-refractivity contribution >= 4 is 11.6 Å². The van der Waals surface area contributed by atoms with Crippen molar-refractivity contribution in [1.82, 2.24) is 4.90 Å². The van der Waals surface area contributed by atoms with Crippen molar-refractivity contribution in [1.29, 1.82) is 0 Å². The lowest BCUT2D eigenvalue weighted by atomic mass is 9.95. The molecule has 1 saturated heterocycles. The Morgan fingerprint density at radius 1 is 1.44 bits per heavy atom. The molecule has 86 valence electrons. The van der Waals surface area contributed by atoms with Gasteiger partial charge in [-0.15, -0.1) is 0 Å². The quantitative estimate of drug-likeness (QED) is 0.735. The Morgan fingerprint density at radius 2 is 2.25 bits per heavy atom. The third-order valence-corrected chi connectivity index (χ3v) is 3.20. The number of amides is 1. The molecule has 1 fully saturated rings. The molecular weight excluding hydrogens is 200 g/mol. The van der Waals surface area contributed by atoms with Gasteiger partial charge in [0.25, 0.3) is 0 Å². The zero-order valence-electron chi connectivity index (χ0n) is 9.65. The average molecular weight is 218 g/mol. The van der Waals surface area contributed by atoms with Gasteiger partial charge in [-0.25, -0.2) is 0 Å². The minimum Gasteiger partial charge on any atom is -0.399 e. The Labute approximate surface area is 96.2 Å².